The van der Waals surface area contributed by atoms with Crippen molar-refractivity contribution in [1.82, 2.24) is 0 Å². The van der Waals surface area contributed by atoms with Crippen molar-refractivity contribution < 1.29 is 18.8 Å². The Bertz CT molecular complexity index is 462. The first-order valence-electron chi connectivity index (χ1n) is 7.18. The number of para-hydroxylation sites is 1. The third-order valence-corrected chi connectivity index (χ3v) is 5.77. The summed E-state index contributed by atoms with van der Waals surface area (Å²) in [6.07, 6.45) is 0. The highest BCUT2D eigenvalue weighted by Crippen LogP contribution is 2.59. The standard InChI is InChI=1S/C15H26NO4P/c1-6-19-21(18,20-7-2)14(15(3,4)5)16(17)13-11-9-8-10-12-13/h8-12,14,17H,6-7H2,1-5H3. The number of nitrogens with zero attached hydrogens (tertiary/aromatic N) is 1. The molecule has 0 heterocycles. The van der Waals surface area contributed by atoms with Crippen molar-refractivity contribution in [3.8, 4) is 0 Å². The van der Waals surface area contributed by atoms with E-state index >= 15 is 0 Å². The van der Waals surface area contributed by atoms with Gasteiger partial charge in [0.15, 0.2) is 5.78 Å². The largest absolute Gasteiger partial charge is 0.355 e. The Balaban J connectivity index is 3.25. The van der Waals surface area contributed by atoms with Crippen LogP contribution in [-0.2, 0) is 13.6 Å². The molecule has 1 unspecified atom stereocenters. The topological polar surface area (TPSA) is 59.0 Å². The Kier molecular flexibility index (Phi) is 6.41. The van der Waals surface area contributed by atoms with Crippen LogP contribution in [0.4, 0.5) is 5.69 Å². The smallest absolute Gasteiger partial charge is 0.307 e. The lowest BCUT2D eigenvalue weighted by Gasteiger charge is -2.40. The average Bonchev–Trinajstić information content (AvgIpc) is 2.38. The fraction of sp³-hybridized carbons (Fsp3) is 0.600. The van der Waals surface area contributed by atoms with E-state index in [2.05, 4.69) is 0 Å². The molecule has 0 aliphatic rings. The van der Waals surface area contributed by atoms with Crippen molar-refractivity contribution in [2.45, 2.75) is 40.4 Å². The molecular weight excluding hydrogens is 289 g/mol. The Hall–Kier alpha value is -0.870. The van der Waals surface area contributed by atoms with Crippen LogP contribution in [0.15, 0.2) is 30.3 Å². The molecule has 0 fully saturated rings. The fourth-order valence-electron chi connectivity index (χ4n) is 2.24. The molecule has 1 N–H and O–H groups in total. The molecule has 0 bridgehead atoms. The Morgan fingerprint density at radius 2 is 1.62 bits per heavy atom. The van der Waals surface area contributed by atoms with Gasteiger partial charge in [-0.2, -0.15) is 0 Å². The molecule has 0 amide bonds. The van der Waals surface area contributed by atoms with Crippen LogP contribution in [0.1, 0.15) is 34.6 Å². The Morgan fingerprint density at radius 1 is 1.14 bits per heavy atom. The first-order chi connectivity index (χ1) is 9.76. The van der Waals surface area contributed by atoms with E-state index in [0.717, 1.165) is 5.06 Å². The number of anilines is 1. The van der Waals surface area contributed by atoms with Crippen LogP contribution in [0.5, 0.6) is 0 Å². The Labute approximate surface area is 127 Å². The predicted molar refractivity (Wildman–Crippen MR) is 84.8 cm³/mol. The van der Waals surface area contributed by atoms with Gasteiger partial charge < -0.3 is 9.05 Å². The molecule has 1 aromatic carbocycles. The van der Waals surface area contributed by atoms with E-state index in [9.17, 15) is 9.77 Å². The number of hydrogen-bond donors (Lipinski definition) is 1. The van der Waals surface area contributed by atoms with Gasteiger partial charge in [0.05, 0.1) is 18.9 Å². The summed E-state index contributed by atoms with van der Waals surface area (Å²) in [5, 5.41) is 11.6. The van der Waals surface area contributed by atoms with Gasteiger partial charge in [-0.15, -0.1) is 0 Å². The first kappa shape index (κ1) is 18.2. The summed E-state index contributed by atoms with van der Waals surface area (Å²) in [4.78, 5) is 0. The van der Waals surface area contributed by atoms with Crippen LogP contribution in [0.2, 0.25) is 0 Å². The summed E-state index contributed by atoms with van der Waals surface area (Å²) < 4.78 is 24.0. The summed E-state index contributed by atoms with van der Waals surface area (Å²) in [5.41, 5.74) is 0.0434. The van der Waals surface area contributed by atoms with Crippen LogP contribution in [0.3, 0.4) is 0 Å². The molecular formula is C15H26NO4P. The summed E-state index contributed by atoms with van der Waals surface area (Å²) in [6, 6.07) is 8.98. The minimum absolute atomic E-state index is 0.256. The van der Waals surface area contributed by atoms with Gasteiger partial charge in [-0.05, 0) is 31.4 Å². The highest BCUT2D eigenvalue weighted by molar-refractivity contribution is 7.54. The second kappa shape index (κ2) is 7.41. The third kappa shape index (κ3) is 4.55. The van der Waals surface area contributed by atoms with Crippen LogP contribution in [0.25, 0.3) is 0 Å². The zero-order chi connectivity index (χ0) is 16.1. The van der Waals surface area contributed by atoms with Gasteiger partial charge in [0.2, 0.25) is 0 Å². The number of rotatable bonds is 7. The molecule has 0 aromatic heterocycles. The second-order valence-corrected chi connectivity index (χ2v) is 7.88. The van der Waals surface area contributed by atoms with Crippen molar-refractivity contribution in [3.63, 3.8) is 0 Å². The number of benzene rings is 1. The first-order valence-corrected chi connectivity index (χ1v) is 8.79. The minimum Gasteiger partial charge on any atom is -0.307 e. The van der Waals surface area contributed by atoms with Crippen molar-refractivity contribution >= 4 is 13.3 Å². The van der Waals surface area contributed by atoms with E-state index in [0.29, 0.717) is 5.69 Å². The van der Waals surface area contributed by atoms with Gasteiger partial charge >= 0.3 is 7.60 Å². The lowest BCUT2D eigenvalue weighted by atomic mass is 9.96. The minimum atomic E-state index is -3.50. The second-order valence-electron chi connectivity index (χ2n) is 5.80. The van der Waals surface area contributed by atoms with E-state index in [-0.39, 0.29) is 13.2 Å². The molecule has 0 saturated heterocycles. The maximum Gasteiger partial charge on any atom is 0.355 e. The van der Waals surface area contributed by atoms with E-state index < -0.39 is 18.8 Å². The monoisotopic (exact) mass is 315 g/mol. The van der Waals surface area contributed by atoms with E-state index in [1.54, 1.807) is 26.0 Å². The molecule has 6 heteroatoms. The van der Waals surface area contributed by atoms with Crippen molar-refractivity contribution in [1.29, 1.82) is 0 Å². The maximum atomic E-state index is 13.1. The zero-order valence-electron chi connectivity index (χ0n) is 13.4. The molecule has 1 aromatic rings. The fourth-order valence-corrected chi connectivity index (χ4v) is 4.66. The summed E-state index contributed by atoms with van der Waals surface area (Å²) >= 11 is 0. The molecule has 0 saturated carbocycles. The van der Waals surface area contributed by atoms with Crippen molar-refractivity contribution in [2.75, 3.05) is 18.3 Å². The van der Waals surface area contributed by atoms with Gasteiger partial charge in [0.1, 0.15) is 0 Å². The molecule has 0 radical (unpaired) electrons. The quantitative estimate of drug-likeness (QED) is 0.592. The van der Waals surface area contributed by atoms with E-state index in [1.807, 2.05) is 39.0 Å². The predicted octanol–water partition coefficient (Wildman–Crippen LogP) is 4.52. The normalized spacial score (nSPS) is 14.0. The molecule has 0 aliphatic heterocycles. The number of hydrogen-bond acceptors (Lipinski definition) is 5. The third-order valence-electron chi connectivity index (χ3n) is 2.94. The van der Waals surface area contributed by atoms with Gasteiger partial charge in [-0.3, -0.25) is 9.77 Å². The average molecular weight is 315 g/mol. The Morgan fingerprint density at radius 3 is 2.00 bits per heavy atom. The zero-order valence-corrected chi connectivity index (χ0v) is 14.3. The van der Waals surface area contributed by atoms with Crippen LogP contribution < -0.4 is 5.06 Å². The summed E-state index contributed by atoms with van der Waals surface area (Å²) in [7, 11) is -3.50. The van der Waals surface area contributed by atoms with Crippen LogP contribution in [0, 0.1) is 5.41 Å². The maximum absolute atomic E-state index is 13.1. The SMILES string of the molecule is CCOP(=O)(OCC)C(N(O)c1ccccc1)C(C)(C)C. The summed E-state index contributed by atoms with van der Waals surface area (Å²) in [5.74, 6) is -0.799. The molecule has 0 spiro atoms. The summed E-state index contributed by atoms with van der Waals surface area (Å²) in [6.45, 7) is 9.72. The van der Waals surface area contributed by atoms with Crippen LogP contribution >= 0.6 is 7.60 Å². The molecule has 120 valence electrons. The van der Waals surface area contributed by atoms with Gasteiger partial charge in [-0.1, -0.05) is 39.0 Å². The van der Waals surface area contributed by atoms with Crippen molar-refractivity contribution in [3.05, 3.63) is 30.3 Å². The van der Waals surface area contributed by atoms with Gasteiger partial charge in [-0.25, -0.2) is 5.06 Å². The van der Waals surface area contributed by atoms with Crippen molar-refractivity contribution in [2.24, 2.45) is 5.41 Å². The molecule has 21 heavy (non-hydrogen) atoms. The van der Waals surface area contributed by atoms with Crippen LogP contribution in [-0.4, -0.2) is 24.2 Å². The number of hydroxylamine groups is 1. The van der Waals surface area contributed by atoms with Gasteiger partial charge in [0.25, 0.3) is 0 Å². The molecule has 5 nitrogen and oxygen atoms in total. The molecule has 0 aliphatic carbocycles. The highest BCUT2D eigenvalue weighted by Gasteiger charge is 2.47. The molecule has 1 rings (SSSR count). The van der Waals surface area contributed by atoms with E-state index in [1.165, 1.54) is 0 Å². The van der Waals surface area contributed by atoms with E-state index in [4.69, 9.17) is 9.05 Å². The lowest BCUT2D eigenvalue weighted by molar-refractivity contribution is 0.139. The molecule has 1 atom stereocenters. The highest BCUT2D eigenvalue weighted by atomic mass is 31.2. The van der Waals surface area contributed by atoms with Gasteiger partial charge in [0, 0.05) is 0 Å². The lowest BCUT2D eigenvalue weighted by Crippen LogP contribution is -2.43.